The van der Waals surface area contributed by atoms with E-state index in [1.165, 1.54) is 18.2 Å². The first kappa shape index (κ1) is 16.8. The number of nitro groups is 1. The number of carbonyl (C=O) groups excluding carboxylic acids is 1. The maximum absolute atomic E-state index is 11.9. The summed E-state index contributed by atoms with van der Waals surface area (Å²) >= 11 is 5.90. The van der Waals surface area contributed by atoms with Crippen LogP contribution < -0.4 is 10.1 Å². The van der Waals surface area contributed by atoms with Crippen molar-refractivity contribution < 1.29 is 14.5 Å². The lowest BCUT2D eigenvalue weighted by Crippen LogP contribution is -2.20. The topological polar surface area (TPSA) is 81.5 Å². The SMILES string of the molecule is CCc1cccc(NC(=O)COc2ccc([N+](=O)[O-])cc2Cl)c1. The molecule has 0 aliphatic heterocycles. The number of carbonyl (C=O) groups is 1. The van der Waals surface area contributed by atoms with E-state index in [9.17, 15) is 14.9 Å². The van der Waals surface area contributed by atoms with Gasteiger partial charge in [-0.15, -0.1) is 0 Å². The van der Waals surface area contributed by atoms with Gasteiger partial charge in [-0.2, -0.15) is 0 Å². The summed E-state index contributed by atoms with van der Waals surface area (Å²) in [6.45, 7) is 1.79. The molecule has 7 heteroatoms. The normalized spacial score (nSPS) is 10.2. The smallest absolute Gasteiger partial charge is 0.271 e. The standard InChI is InChI=1S/C16H15ClN2O4/c1-2-11-4-3-5-12(8-11)18-16(20)10-23-15-7-6-13(19(21)22)9-14(15)17/h3-9H,2,10H2,1H3,(H,18,20). The Hall–Kier alpha value is -2.60. The summed E-state index contributed by atoms with van der Waals surface area (Å²) in [6, 6.07) is 11.3. The Balaban J connectivity index is 1.95. The third-order valence-corrected chi connectivity index (χ3v) is 3.40. The molecule has 0 spiro atoms. The van der Waals surface area contributed by atoms with Gasteiger partial charge < -0.3 is 10.1 Å². The van der Waals surface area contributed by atoms with Crippen LogP contribution in [0.15, 0.2) is 42.5 Å². The first-order valence-corrected chi connectivity index (χ1v) is 7.33. The third-order valence-electron chi connectivity index (χ3n) is 3.10. The lowest BCUT2D eigenvalue weighted by molar-refractivity contribution is -0.384. The van der Waals surface area contributed by atoms with Gasteiger partial charge in [0.25, 0.3) is 11.6 Å². The number of ether oxygens (including phenoxy) is 1. The second-order valence-corrected chi connectivity index (χ2v) is 5.17. The first-order chi connectivity index (χ1) is 11.0. The average Bonchev–Trinajstić information content (AvgIpc) is 2.53. The van der Waals surface area contributed by atoms with Crippen molar-refractivity contribution in [3.8, 4) is 5.75 Å². The summed E-state index contributed by atoms with van der Waals surface area (Å²) in [5.74, 6) is -0.123. The summed E-state index contributed by atoms with van der Waals surface area (Å²) in [5, 5.41) is 13.4. The van der Waals surface area contributed by atoms with Crippen molar-refractivity contribution >= 4 is 28.9 Å². The van der Waals surface area contributed by atoms with Gasteiger partial charge >= 0.3 is 0 Å². The maximum atomic E-state index is 11.9. The molecule has 23 heavy (non-hydrogen) atoms. The number of nitrogens with one attached hydrogen (secondary N) is 1. The molecule has 0 saturated heterocycles. The molecule has 0 fully saturated rings. The van der Waals surface area contributed by atoms with Crippen LogP contribution in [0.5, 0.6) is 5.75 Å². The van der Waals surface area contributed by atoms with Crippen LogP contribution in [0.1, 0.15) is 12.5 Å². The molecule has 0 aromatic heterocycles. The molecule has 2 rings (SSSR count). The van der Waals surface area contributed by atoms with Crippen LogP contribution >= 0.6 is 11.6 Å². The van der Waals surface area contributed by atoms with Gasteiger partial charge in [-0.05, 0) is 30.2 Å². The minimum absolute atomic E-state index is 0.0833. The molecule has 120 valence electrons. The highest BCUT2D eigenvalue weighted by atomic mass is 35.5. The average molecular weight is 335 g/mol. The molecule has 0 bridgehead atoms. The van der Waals surface area contributed by atoms with Crippen LogP contribution in [0.25, 0.3) is 0 Å². The summed E-state index contributed by atoms with van der Waals surface area (Å²) in [5.41, 5.74) is 1.66. The zero-order valence-electron chi connectivity index (χ0n) is 12.4. The second-order valence-electron chi connectivity index (χ2n) is 4.76. The zero-order valence-corrected chi connectivity index (χ0v) is 13.2. The van der Waals surface area contributed by atoms with Gasteiger partial charge in [0, 0.05) is 17.8 Å². The molecule has 0 unspecified atom stereocenters. The van der Waals surface area contributed by atoms with Crippen molar-refractivity contribution in [1.29, 1.82) is 0 Å². The van der Waals surface area contributed by atoms with Crippen molar-refractivity contribution in [2.75, 3.05) is 11.9 Å². The van der Waals surface area contributed by atoms with Gasteiger partial charge in [0.15, 0.2) is 6.61 Å². The van der Waals surface area contributed by atoms with Crippen molar-refractivity contribution in [2.45, 2.75) is 13.3 Å². The number of halogens is 1. The predicted molar refractivity (Wildman–Crippen MR) is 88.1 cm³/mol. The Labute approximate surface area is 138 Å². The fourth-order valence-electron chi connectivity index (χ4n) is 1.93. The van der Waals surface area contributed by atoms with E-state index in [-0.39, 0.29) is 29.0 Å². The Morgan fingerprint density at radius 3 is 2.74 bits per heavy atom. The maximum Gasteiger partial charge on any atom is 0.271 e. The van der Waals surface area contributed by atoms with Gasteiger partial charge in [0.2, 0.25) is 0 Å². The largest absolute Gasteiger partial charge is 0.482 e. The van der Waals surface area contributed by atoms with Gasteiger partial charge in [-0.1, -0.05) is 30.7 Å². The lowest BCUT2D eigenvalue weighted by atomic mass is 10.1. The van der Waals surface area contributed by atoms with Gasteiger partial charge in [-0.3, -0.25) is 14.9 Å². The van der Waals surface area contributed by atoms with Crippen LogP contribution in [0, 0.1) is 10.1 Å². The summed E-state index contributed by atoms with van der Waals surface area (Å²) in [7, 11) is 0. The highest BCUT2D eigenvalue weighted by molar-refractivity contribution is 6.32. The van der Waals surface area contributed by atoms with Crippen LogP contribution in [0.4, 0.5) is 11.4 Å². The fraction of sp³-hybridized carbons (Fsp3) is 0.188. The molecule has 0 heterocycles. The van der Waals surface area contributed by atoms with Crippen LogP contribution in [-0.2, 0) is 11.2 Å². The van der Waals surface area contributed by atoms with Gasteiger partial charge in [-0.25, -0.2) is 0 Å². The van der Waals surface area contributed by atoms with Crippen molar-refractivity contribution in [1.82, 2.24) is 0 Å². The second kappa shape index (κ2) is 7.60. The van der Waals surface area contributed by atoms with Crippen LogP contribution in [0.2, 0.25) is 5.02 Å². The minimum Gasteiger partial charge on any atom is -0.482 e. The molecule has 6 nitrogen and oxygen atoms in total. The Morgan fingerprint density at radius 2 is 2.09 bits per heavy atom. The number of benzene rings is 2. The predicted octanol–water partition coefficient (Wildman–Crippen LogP) is 3.83. The molecule has 0 radical (unpaired) electrons. The first-order valence-electron chi connectivity index (χ1n) is 6.95. The van der Waals surface area contributed by atoms with E-state index < -0.39 is 4.92 Å². The molecule has 1 amide bonds. The lowest BCUT2D eigenvalue weighted by Gasteiger charge is -2.09. The summed E-state index contributed by atoms with van der Waals surface area (Å²) < 4.78 is 5.30. The van der Waals surface area contributed by atoms with Gasteiger partial charge in [0.05, 0.1) is 9.95 Å². The molecule has 1 N–H and O–H groups in total. The van der Waals surface area contributed by atoms with Gasteiger partial charge in [0.1, 0.15) is 5.75 Å². The zero-order chi connectivity index (χ0) is 16.8. The molecule has 0 atom stereocenters. The number of aryl methyl sites for hydroxylation is 1. The van der Waals surface area contributed by atoms with E-state index in [1.807, 2.05) is 25.1 Å². The Morgan fingerprint density at radius 1 is 1.30 bits per heavy atom. The molecule has 2 aromatic carbocycles. The Bertz CT molecular complexity index is 734. The summed E-state index contributed by atoms with van der Waals surface area (Å²) in [4.78, 5) is 22.0. The minimum atomic E-state index is -0.552. The monoisotopic (exact) mass is 334 g/mol. The number of amides is 1. The number of non-ortho nitro benzene ring substituents is 1. The number of nitrogens with zero attached hydrogens (tertiary/aromatic N) is 1. The van der Waals surface area contributed by atoms with Crippen LogP contribution in [-0.4, -0.2) is 17.4 Å². The number of hydrogen-bond acceptors (Lipinski definition) is 4. The number of anilines is 1. The van der Waals surface area contributed by atoms with E-state index in [0.29, 0.717) is 5.69 Å². The van der Waals surface area contributed by atoms with Crippen LogP contribution in [0.3, 0.4) is 0 Å². The molecule has 2 aromatic rings. The molecule has 0 aliphatic carbocycles. The molecule has 0 saturated carbocycles. The molecular weight excluding hydrogens is 320 g/mol. The van der Waals surface area contributed by atoms with Crippen molar-refractivity contribution in [3.63, 3.8) is 0 Å². The number of hydrogen-bond donors (Lipinski definition) is 1. The number of nitro benzene ring substituents is 1. The van der Waals surface area contributed by atoms with E-state index in [0.717, 1.165) is 12.0 Å². The highest BCUT2D eigenvalue weighted by Crippen LogP contribution is 2.28. The van der Waals surface area contributed by atoms with Crippen molar-refractivity contribution in [2.24, 2.45) is 0 Å². The molecular formula is C16H15ClN2O4. The quantitative estimate of drug-likeness (QED) is 0.643. The highest BCUT2D eigenvalue weighted by Gasteiger charge is 2.11. The fourth-order valence-corrected chi connectivity index (χ4v) is 2.16. The molecule has 0 aliphatic rings. The van der Waals surface area contributed by atoms with Crippen molar-refractivity contribution in [3.05, 3.63) is 63.2 Å². The van der Waals surface area contributed by atoms with E-state index in [4.69, 9.17) is 16.3 Å². The van der Waals surface area contributed by atoms with E-state index in [2.05, 4.69) is 5.32 Å². The third kappa shape index (κ3) is 4.69. The summed E-state index contributed by atoms with van der Waals surface area (Å²) in [6.07, 6.45) is 0.874. The Kier molecular flexibility index (Phi) is 5.54. The van der Waals surface area contributed by atoms with E-state index in [1.54, 1.807) is 6.07 Å². The van der Waals surface area contributed by atoms with E-state index >= 15 is 0 Å². The number of rotatable bonds is 6.